The van der Waals surface area contributed by atoms with Crippen molar-refractivity contribution >= 4 is 5.91 Å². The molecule has 4 nitrogen and oxygen atoms in total. The van der Waals surface area contributed by atoms with E-state index >= 15 is 0 Å². The van der Waals surface area contributed by atoms with E-state index < -0.39 is 5.54 Å². The second-order valence-electron chi connectivity index (χ2n) is 5.96. The van der Waals surface area contributed by atoms with E-state index in [1.165, 1.54) is 12.1 Å². The SMILES string of the molecule is O=C(N1CCNCC1)C1(Cc2ccc(F)cc2)CCCN1. The molecule has 0 spiro atoms. The lowest BCUT2D eigenvalue weighted by molar-refractivity contribution is -0.138. The molecule has 2 heterocycles. The van der Waals surface area contributed by atoms with Gasteiger partial charge in [0.1, 0.15) is 11.4 Å². The van der Waals surface area contributed by atoms with Gasteiger partial charge in [-0.3, -0.25) is 4.79 Å². The molecule has 1 unspecified atom stereocenters. The van der Waals surface area contributed by atoms with Gasteiger partial charge < -0.3 is 15.5 Å². The third-order valence-corrected chi connectivity index (χ3v) is 4.48. The Morgan fingerprint density at radius 2 is 1.90 bits per heavy atom. The Hall–Kier alpha value is -1.46. The van der Waals surface area contributed by atoms with Crippen molar-refractivity contribution in [2.75, 3.05) is 32.7 Å². The number of hydrogen-bond acceptors (Lipinski definition) is 3. The predicted molar refractivity (Wildman–Crippen MR) is 79.5 cm³/mol. The minimum Gasteiger partial charge on any atom is -0.339 e. The fraction of sp³-hybridized carbons (Fsp3) is 0.562. The summed E-state index contributed by atoms with van der Waals surface area (Å²) in [7, 11) is 0. The highest BCUT2D eigenvalue weighted by Crippen LogP contribution is 2.27. The maximum Gasteiger partial charge on any atom is 0.243 e. The molecule has 5 heteroatoms. The van der Waals surface area contributed by atoms with Gasteiger partial charge in [-0.25, -0.2) is 4.39 Å². The molecule has 2 aliphatic heterocycles. The summed E-state index contributed by atoms with van der Waals surface area (Å²) < 4.78 is 13.0. The summed E-state index contributed by atoms with van der Waals surface area (Å²) in [6.07, 6.45) is 2.50. The van der Waals surface area contributed by atoms with Gasteiger partial charge in [0.05, 0.1) is 0 Å². The zero-order valence-electron chi connectivity index (χ0n) is 12.2. The molecule has 2 fully saturated rings. The molecule has 1 atom stereocenters. The van der Waals surface area contributed by atoms with Crippen LogP contribution in [0.15, 0.2) is 24.3 Å². The molecule has 0 bridgehead atoms. The summed E-state index contributed by atoms with van der Waals surface area (Å²) in [5, 5.41) is 6.70. The van der Waals surface area contributed by atoms with Gasteiger partial charge in [-0.1, -0.05) is 12.1 Å². The van der Waals surface area contributed by atoms with Gasteiger partial charge in [0.2, 0.25) is 5.91 Å². The van der Waals surface area contributed by atoms with Crippen LogP contribution in [0.1, 0.15) is 18.4 Å². The van der Waals surface area contributed by atoms with Gasteiger partial charge in [-0.15, -0.1) is 0 Å². The Kier molecular flexibility index (Phi) is 4.22. The van der Waals surface area contributed by atoms with Crippen LogP contribution in [0.3, 0.4) is 0 Å². The van der Waals surface area contributed by atoms with Gasteiger partial charge in [0.15, 0.2) is 0 Å². The fourth-order valence-corrected chi connectivity index (χ4v) is 3.34. The van der Waals surface area contributed by atoms with Gasteiger partial charge in [0, 0.05) is 26.2 Å². The molecule has 1 aromatic rings. The maximum atomic E-state index is 13.0. The van der Waals surface area contributed by atoms with Gasteiger partial charge in [-0.05, 0) is 43.5 Å². The molecule has 2 aliphatic rings. The van der Waals surface area contributed by atoms with Crippen LogP contribution in [0.4, 0.5) is 4.39 Å². The van der Waals surface area contributed by atoms with Crippen LogP contribution in [0.2, 0.25) is 0 Å². The first-order chi connectivity index (χ1) is 10.2. The normalized spacial score (nSPS) is 26.0. The molecule has 3 rings (SSSR count). The summed E-state index contributed by atoms with van der Waals surface area (Å²) >= 11 is 0. The van der Waals surface area contributed by atoms with Crippen molar-refractivity contribution < 1.29 is 9.18 Å². The number of piperazine rings is 1. The first kappa shape index (κ1) is 14.5. The summed E-state index contributed by atoms with van der Waals surface area (Å²) in [6.45, 7) is 4.13. The van der Waals surface area contributed by atoms with Crippen molar-refractivity contribution in [1.82, 2.24) is 15.5 Å². The van der Waals surface area contributed by atoms with Crippen molar-refractivity contribution in [2.45, 2.75) is 24.8 Å². The summed E-state index contributed by atoms with van der Waals surface area (Å²) in [5.74, 6) is -0.0357. The van der Waals surface area contributed by atoms with Crippen LogP contribution in [0.25, 0.3) is 0 Å². The number of nitrogens with zero attached hydrogens (tertiary/aromatic N) is 1. The van der Waals surface area contributed by atoms with Crippen molar-refractivity contribution in [3.8, 4) is 0 Å². The van der Waals surface area contributed by atoms with Crippen LogP contribution in [0, 0.1) is 5.82 Å². The van der Waals surface area contributed by atoms with Crippen LogP contribution in [0.5, 0.6) is 0 Å². The number of rotatable bonds is 3. The topological polar surface area (TPSA) is 44.4 Å². The lowest BCUT2D eigenvalue weighted by Crippen LogP contribution is -2.59. The third-order valence-electron chi connectivity index (χ3n) is 4.48. The van der Waals surface area contributed by atoms with Crippen LogP contribution in [-0.2, 0) is 11.2 Å². The Balaban J connectivity index is 1.78. The smallest absolute Gasteiger partial charge is 0.243 e. The van der Waals surface area contributed by atoms with E-state index in [0.29, 0.717) is 6.42 Å². The zero-order valence-corrected chi connectivity index (χ0v) is 12.2. The van der Waals surface area contributed by atoms with Gasteiger partial charge >= 0.3 is 0 Å². The van der Waals surface area contributed by atoms with Crippen LogP contribution < -0.4 is 10.6 Å². The van der Waals surface area contributed by atoms with Crippen molar-refractivity contribution in [3.05, 3.63) is 35.6 Å². The molecule has 0 aromatic heterocycles. The zero-order chi connectivity index (χ0) is 14.7. The number of carbonyl (C=O) groups is 1. The first-order valence-corrected chi connectivity index (χ1v) is 7.69. The molecular weight excluding hydrogens is 269 g/mol. The fourth-order valence-electron chi connectivity index (χ4n) is 3.34. The molecule has 0 saturated carbocycles. The monoisotopic (exact) mass is 291 g/mol. The highest BCUT2D eigenvalue weighted by Gasteiger charge is 2.43. The Morgan fingerprint density at radius 3 is 2.52 bits per heavy atom. The van der Waals surface area contributed by atoms with E-state index in [-0.39, 0.29) is 11.7 Å². The first-order valence-electron chi connectivity index (χ1n) is 7.69. The number of nitrogens with one attached hydrogen (secondary N) is 2. The summed E-state index contributed by atoms with van der Waals surface area (Å²) in [5.41, 5.74) is 0.504. The van der Waals surface area contributed by atoms with E-state index in [4.69, 9.17) is 0 Å². The van der Waals surface area contributed by atoms with E-state index in [1.54, 1.807) is 12.1 Å². The molecule has 0 aliphatic carbocycles. The van der Waals surface area contributed by atoms with E-state index in [0.717, 1.165) is 51.1 Å². The highest BCUT2D eigenvalue weighted by molar-refractivity contribution is 5.87. The number of benzene rings is 1. The lowest BCUT2D eigenvalue weighted by Gasteiger charge is -2.37. The molecule has 114 valence electrons. The number of amides is 1. The van der Waals surface area contributed by atoms with E-state index in [9.17, 15) is 9.18 Å². The molecule has 0 radical (unpaired) electrons. The van der Waals surface area contributed by atoms with Crippen LogP contribution in [-0.4, -0.2) is 49.1 Å². The maximum absolute atomic E-state index is 13.0. The third kappa shape index (κ3) is 3.09. The average molecular weight is 291 g/mol. The quantitative estimate of drug-likeness (QED) is 0.870. The van der Waals surface area contributed by atoms with Gasteiger partial charge in [-0.2, -0.15) is 0 Å². The molecule has 21 heavy (non-hydrogen) atoms. The second-order valence-corrected chi connectivity index (χ2v) is 5.96. The largest absolute Gasteiger partial charge is 0.339 e. The second kappa shape index (κ2) is 6.12. The Labute approximate surface area is 124 Å². The predicted octanol–water partition coefficient (Wildman–Crippen LogP) is 0.922. The molecule has 2 N–H and O–H groups in total. The number of halogens is 1. The van der Waals surface area contributed by atoms with Crippen molar-refractivity contribution in [2.24, 2.45) is 0 Å². The number of hydrogen-bond donors (Lipinski definition) is 2. The molecule has 2 saturated heterocycles. The Morgan fingerprint density at radius 1 is 1.19 bits per heavy atom. The van der Waals surface area contributed by atoms with Crippen molar-refractivity contribution in [3.63, 3.8) is 0 Å². The Bertz CT molecular complexity index is 491. The minimum atomic E-state index is -0.505. The average Bonchev–Trinajstić information content (AvgIpc) is 2.99. The summed E-state index contributed by atoms with van der Waals surface area (Å²) in [4.78, 5) is 14.9. The summed E-state index contributed by atoms with van der Waals surface area (Å²) in [6, 6.07) is 6.49. The lowest BCUT2D eigenvalue weighted by atomic mass is 9.87. The molecule has 1 amide bonds. The van der Waals surface area contributed by atoms with E-state index in [2.05, 4.69) is 10.6 Å². The van der Waals surface area contributed by atoms with E-state index in [1.807, 2.05) is 4.90 Å². The van der Waals surface area contributed by atoms with Gasteiger partial charge in [0.25, 0.3) is 0 Å². The standard InChI is InChI=1S/C16H22FN3O/c17-14-4-2-13(3-5-14)12-16(6-1-7-19-16)15(21)20-10-8-18-9-11-20/h2-5,18-19H,1,6-12H2. The minimum absolute atomic E-state index is 0.200. The van der Waals surface area contributed by atoms with Crippen molar-refractivity contribution in [1.29, 1.82) is 0 Å². The molecular formula is C16H22FN3O. The number of carbonyl (C=O) groups excluding carboxylic acids is 1. The van der Waals surface area contributed by atoms with Crippen LogP contribution >= 0.6 is 0 Å². The highest BCUT2D eigenvalue weighted by atomic mass is 19.1. The molecule has 1 aromatic carbocycles.